The number of benzene rings is 1. The summed E-state index contributed by atoms with van der Waals surface area (Å²) in [6.45, 7) is 5.45. The first-order valence-electron chi connectivity index (χ1n) is 7.76. The number of carbonyl (C=O) groups is 1. The van der Waals surface area contributed by atoms with E-state index < -0.39 is 4.92 Å². The van der Waals surface area contributed by atoms with Crippen molar-refractivity contribution in [3.8, 4) is 0 Å². The van der Waals surface area contributed by atoms with Crippen LogP contribution in [0.25, 0.3) is 0 Å². The Balaban J connectivity index is 0.00000192. The van der Waals surface area contributed by atoms with Gasteiger partial charge in [-0.1, -0.05) is 0 Å². The van der Waals surface area contributed by atoms with Crippen molar-refractivity contribution < 1.29 is 9.72 Å². The average Bonchev–Trinajstić information content (AvgIpc) is 2.95. The van der Waals surface area contributed by atoms with E-state index in [2.05, 4.69) is 5.32 Å². The van der Waals surface area contributed by atoms with Crippen LogP contribution in [0.15, 0.2) is 18.2 Å². The maximum atomic E-state index is 12.6. The highest BCUT2D eigenvalue weighted by Gasteiger charge is 2.38. The summed E-state index contributed by atoms with van der Waals surface area (Å²) in [7, 11) is 0. The third-order valence-electron chi connectivity index (χ3n) is 5.09. The largest absolute Gasteiger partial charge is 0.339 e. The van der Waals surface area contributed by atoms with Gasteiger partial charge in [-0.15, -0.1) is 12.4 Å². The van der Waals surface area contributed by atoms with Crippen LogP contribution >= 0.6 is 12.4 Å². The molecular weight excluding hydrogens is 318 g/mol. The topological polar surface area (TPSA) is 75.5 Å². The van der Waals surface area contributed by atoms with Crippen molar-refractivity contribution >= 4 is 24.0 Å². The number of likely N-dealkylation sites (tertiary alicyclic amines) is 1. The molecule has 1 spiro atoms. The molecule has 1 N–H and O–H groups in total. The van der Waals surface area contributed by atoms with Crippen LogP contribution in [0.2, 0.25) is 0 Å². The van der Waals surface area contributed by atoms with Gasteiger partial charge in [0.2, 0.25) is 0 Å². The molecule has 1 aromatic carbocycles. The number of rotatable bonds is 2. The summed E-state index contributed by atoms with van der Waals surface area (Å²) in [5.74, 6) is -0.00629. The van der Waals surface area contributed by atoms with Gasteiger partial charge in [-0.25, -0.2) is 0 Å². The number of nitro benzene ring substituents is 1. The minimum absolute atomic E-state index is 0. The Morgan fingerprint density at radius 3 is 2.52 bits per heavy atom. The normalized spacial score (nSPS) is 19.4. The van der Waals surface area contributed by atoms with Gasteiger partial charge in [0.05, 0.1) is 4.92 Å². The van der Waals surface area contributed by atoms with E-state index in [1.165, 1.54) is 18.6 Å². The van der Waals surface area contributed by atoms with Gasteiger partial charge in [-0.2, -0.15) is 0 Å². The Bertz CT molecular complexity index is 605. The molecule has 0 unspecified atom stereocenters. The number of carbonyl (C=O) groups excluding carboxylic acids is 1. The number of hydrogen-bond donors (Lipinski definition) is 1. The van der Waals surface area contributed by atoms with E-state index in [4.69, 9.17) is 0 Å². The highest BCUT2D eigenvalue weighted by atomic mass is 35.5. The number of nitrogens with one attached hydrogen (secondary N) is 1. The lowest BCUT2D eigenvalue weighted by atomic mass is 9.77. The number of piperidine rings is 1. The fraction of sp³-hybridized carbons (Fsp3) is 0.562. The van der Waals surface area contributed by atoms with E-state index in [9.17, 15) is 14.9 Å². The van der Waals surface area contributed by atoms with Crippen LogP contribution in [-0.2, 0) is 0 Å². The second kappa shape index (κ2) is 6.84. The molecule has 0 bridgehead atoms. The molecule has 1 aromatic rings. The first-order valence-corrected chi connectivity index (χ1v) is 7.76. The van der Waals surface area contributed by atoms with E-state index >= 15 is 0 Å². The SMILES string of the molecule is Cc1cc([N+](=O)[O-])ccc1C(=O)N1CCC2(CCNC2)CC1.Cl. The highest BCUT2D eigenvalue weighted by Crippen LogP contribution is 2.37. The molecule has 126 valence electrons. The van der Waals surface area contributed by atoms with Gasteiger partial charge in [-0.05, 0) is 49.8 Å². The molecule has 3 rings (SSSR count). The number of nitrogens with zero attached hydrogens (tertiary/aromatic N) is 2. The van der Waals surface area contributed by atoms with Crippen LogP contribution in [0.4, 0.5) is 5.69 Å². The highest BCUT2D eigenvalue weighted by molar-refractivity contribution is 5.96. The maximum Gasteiger partial charge on any atom is 0.269 e. The van der Waals surface area contributed by atoms with E-state index in [-0.39, 0.29) is 24.0 Å². The monoisotopic (exact) mass is 339 g/mol. The minimum atomic E-state index is -0.432. The van der Waals surface area contributed by atoms with E-state index in [1.807, 2.05) is 4.90 Å². The van der Waals surface area contributed by atoms with Crippen molar-refractivity contribution in [2.45, 2.75) is 26.2 Å². The van der Waals surface area contributed by atoms with Crippen LogP contribution in [-0.4, -0.2) is 41.9 Å². The average molecular weight is 340 g/mol. The molecule has 2 heterocycles. The second-order valence-corrected chi connectivity index (χ2v) is 6.48. The molecule has 2 fully saturated rings. The van der Waals surface area contributed by atoms with Crippen LogP contribution in [0.1, 0.15) is 35.2 Å². The number of amides is 1. The van der Waals surface area contributed by atoms with Gasteiger partial charge in [0.1, 0.15) is 0 Å². The molecule has 1 amide bonds. The third kappa shape index (κ3) is 3.48. The smallest absolute Gasteiger partial charge is 0.269 e. The van der Waals surface area contributed by atoms with Crippen molar-refractivity contribution in [3.63, 3.8) is 0 Å². The Morgan fingerprint density at radius 1 is 1.30 bits per heavy atom. The third-order valence-corrected chi connectivity index (χ3v) is 5.09. The molecule has 2 aliphatic rings. The summed E-state index contributed by atoms with van der Waals surface area (Å²) in [4.78, 5) is 24.9. The number of aryl methyl sites for hydroxylation is 1. The van der Waals surface area contributed by atoms with Gasteiger partial charge in [-0.3, -0.25) is 14.9 Å². The first kappa shape index (κ1) is 17.7. The number of non-ortho nitro benzene ring substituents is 1. The molecule has 0 atom stereocenters. The zero-order chi connectivity index (χ0) is 15.7. The van der Waals surface area contributed by atoms with Crippen LogP contribution < -0.4 is 5.32 Å². The predicted octanol–water partition coefficient (Wildman–Crippen LogP) is 2.54. The molecule has 0 aliphatic carbocycles. The molecular formula is C16H22ClN3O3. The number of nitro groups is 1. The molecule has 0 saturated carbocycles. The van der Waals surface area contributed by atoms with Crippen LogP contribution in [0.3, 0.4) is 0 Å². The molecule has 2 saturated heterocycles. The van der Waals surface area contributed by atoms with E-state index in [1.54, 1.807) is 13.0 Å². The Labute approximate surface area is 141 Å². The Hall–Kier alpha value is -1.66. The zero-order valence-electron chi connectivity index (χ0n) is 13.2. The lowest BCUT2D eigenvalue weighted by Crippen LogP contribution is -2.44. The van der Waals surface area contributed by atoms with Crippen molar-refractivity contribution in [3.05, 3.63) is 39.4 Å². The fourth-order valence-corrected chi connectivity index (χ4v) is 3.58. The Morgan fingerprint density at radius 2 is 2.00 bits per heavy atom. The first-order chi connectivity index (χ1) is 10.5. The molecule has 0 radical (unpaired) electrons. The van der Waals surface area contributed by atoms with Gasteiger partial charge in [0.15, 0.2) is 0 Å². The quantitative estimate of drug-likeness (QED) is 0.663. The molecule has 23 heavy (non-hydrogen) atoms. The summed E-state index contributed by atoms with van der Waals surface area (Å²) in [5.41, 5.74) is 1.65. The summed E-state index contributed by atoms with van der Waals surface area (Å²) in [5, 5.41) is 14.2. The zero-order valence-corrected chi connectivity index (χ0v) is 14.0. The summed E-state index contributed by atoms with van der Waals surface area (Å²) < 4.78 is 0. The summed E-state index contributed by atoms with van der Waals surface area (Å²) in [6.07, 6.45) is 3.28. The number of halogens is 1. The van der Waals surface area contributed by atoms with Crippen molar-refractivity contribution in [1.29, 1.82) is 0 Å². The van der Waals surface area contributed by atoms with Gasteiger partial charge >= 0.3 is 0 Å². The van der Waals surface area contributed by atoms with Crippen LogP contribution in [0, 0.1) is 22.5 Å². The maximum absolute atomic E-state index is 12.6. The molecule has 0 aromatic heterocycles. The minimum Gasteiger partial charge on any atom is -0.339 e. The van der Waals surface area contributed by atoms with Crippen molar-refractivity contribution in [2.24, 2.45) is 5.41 Å². The standard InChI is InChI=1S/C16H21N3O3.ClH/c1-12-10-13(19(21)22)2-3-14(12)15(20)18-8-5-16(6-9-18)4-7-17-11-16;/h2-3,10,17H,4-9,11H2,1H3;1H. The molecule has 2 aliphatic heterocycles. The van der Waals surface area contributed by atoms with Crippen LogP contribution in [0.5, 0.6) is 0 Å². The summed E-state index contributed by atoms with van der Waals surface area (Å²) in [6, 6.07) is 4.46. The predicted molar refractivity (Wildman–Crippen MR) is 90.1 cm³/mol. The number of hydrogen-bond acceptors (Lipinski definition) is 4. The van der Waals surface area contributed by atoms with E-state index in [0.29, 0.717) is 16.5 Å². The molecule has 6 nitrogen and oxygen atoms in total. The van der Waals surface area contributed by atoms with E-state index in [0.717, 1.165) is 39.0 Å². The van der Waals surface area contributed by atoms with Gasteiger partial charge in [0.25, 0.3) is 11.6 Å². The fourth-order valence-electron chi connectivity index (χ4n) is 3.58. The Kier molecular flexibility index (Phi) is 5.26. The van der Waals surface area contributed by atoms with Crippen molar-refractivity contribution in [1.82, 2.24) is 10.2 Å². The lowest BCUT2D eigenvalue weighted by molar-refractivity contribution is -0.384. The molecule has 7 heteroatoms. The summed E-state index contributed by atoms with van der Waals surface area (Å²) >= 11 is 0. The van der Waals surface area contributed by atoms with Gasteiger partial charge < -0.3 is 10.2 Å². The van der Waals surface area contributed by atoms with Gasteiger partial charge in [0, 0.05) is 37.3 Å². The second-order valence-electron chi connectivity index (χ2n) is 6.48. The van der Waals surface area contributed by atoms with Crippen molar-refractivity contribution in [2.75, 3.05) is 26.2 Å². The lowest BCUT2D eigenvalue weighted by Gasteiger charge is -2.39.